The maximum atomic E-state index is 11.4. The second kappa shape index (κ2) is 6.62. The molecule has 1 saturated heterocycles. The quantitative estimate of drug-likeness (QED) is 0.918. The molecule has 1 aliphatic heterocycles. The van der Waals surface area contributed by atoms with E-state index in [1.807, 2.05) is 12.1 Å². The third-order valence-corrected chi connectivity index (χ3v) is 5.54. The van der Waals surface area contributed by atoms with Gasteiger partial charge in [0, 0.05) is 25.7 Å². The SMILES string of the molecule is CS(=O)(=O)N1CCC(NCc2ccc(Cl)c(Cl)c2)CC1. The summed E-state index contributed by atoms with van der Waals surface area (Å²) in [4.78, 5) is 0. The number of halogens is 2. The van der Waals surface area contributed by atoms with Crippen molar-refractivity contribution in [1.29, 1.82) is 0 Å². The highest BCUT2D eigenvalue weighted by Crippen LogP contribution is 2.22. The smallest absolute Gasteiger partial charge is 0.211 e. The average molecular weight is 337 g/mol. The Bertz CT molecular complexity index is 570. The predicted molar refractivity (Wildman–Crippen MR) is 82.7 cm³/mol. The van der Waals surface area contributed by atoms with Crippen molar-refractivity contribution in [2.75, 3.05) is 19.3 Å². The van der Waals surface area contributed by atoms with E-state index in [2.05, 4.69) is 5.32 Å². The summed E-state index contributed by atoms with van der Waals surface area (Å²) in [5, 5.41) is 4.54. The first kappa shape index (κ1) is 16.0. The maximum absolute atomic E-state index is 11.4. The van der Waals surface area contributed by atoms with Crippen LogP contribution in [0.3, 0.4) is 0 Å². The Labute approximate surface area is 130 Å². The lowest BCUT2D eigenvalue weighted by molar-refractivity contribution is 0.290. The van der Waals surface area contributed by atoms with Gasteiger partial charge in [-0.2, -0.15) is 0 Å². The lowest BCUT2D eigenvalue weighted by atomic mass is 10.1. The minimum absolute atomic E-state index is 0.336. The summed E-state index contributed by atoms with van der Waals surface area (Å²) < 4.78 is 24.4. The Hall–Kier alpha value is -0.330. The van der Waals surface area contributed by atoms with E-state index in [4.69, 9.17) is 23.2 Å². The van der Waals surface area contributed by atoms with Crippen molar-refractivity contribution in [2.45, 2.75) is 25.4 Å². The summed E-state index contributed by atoms with van der Waals surface area (Å²) in [7, 11) is -3.05. The first-order valence-corrected chi connectivity index (χ1v) is 9.09. The van der Waals surface area contributed by atoms with Crippen LogP contribution in [0.25, 0.3) is 0 Å². The molecule has 0 unspecified atom stereocenters. The zero-order chi connectivity index (χ0) is 14.8. The molecule has 1 aliphatic rings. The number of hydrogen-bond donors (Lipinski definition) is 1. The highest BCUT2D eigenvalue weighted by atomic mass is 35.5. The van der Waals surface area contributed by atoms with Crippen LogP contribution < -0.4 is 5.32 Å². The monoisotopic (exact) mass is 336 g/mol. The van der Waals surface area contributed by atoms with Gasteiger partial charge in [0.1, 0.15) is 0 Å². The normalized spacial score (nSPS) is 18.4. The first-order valence-electron chi connectivity index (χ1n) is 6.48. The third-order valence-electron chi connectivity index (χ3n) is 3.50. The van der Waals surface area contributed by atoms with Crippen LogP contribution in [0.1, 0.15) is 18.4 Å². The van der Waals surface area contributed by atoms with Gasteiger partial charge in [-0.15, -0.1) is 0 Å². The van der Waals surface area contributed by atoms with Gasteiger partial charge < -0.3 is 5.32 Å². The van der Waals surface area contributed by atoms with Gasteiger partial charge in [-0.1, -0.05) is 29.3 Å². The van der Waals surface area contributed by atoms with E-state index in [9.17, 15) is 8.42 Å². The summed E-state index contributed by atoms with van der Waals surface area (Å²) in [6, 6.07) is 5.91. The molecule has 0 saturated carbocycles. The van der Waals surface area contributed by atoms with Crippen LogP contribution in [0.2, 0.25) is 10.0 Å². The molecule has 7 heteroatoms. The molecule has 2 rings (SSSR count). The largest absolute Gasteiger partial charge is 0.310 e. The molecule has 0 amide bonds. The van der Waals surface area contributed by atoms with Gasteiger partial charge in [-0.25, -0.2) is 12.7 Å². The number of piperidine rings is 1. The van der Waals surface area contributed by atoms with E-state index in [0.29, 0.717) is 35.7 Å². The molecule has 0 radical (unpaired) electrons. The standard InChI is InChI=1S/C13H18Cl2N2O2S/c1-20(18,19)17-6-4-11(5-7-17)16-9-10-2-3-12(14)13(15)8-10/h2-3,8,11,16H,4-7,9H2,1H3. The number of hydrogen-bond acceptors (Lipinski definition) is 3. The molecule has 20 heavy (non-hydrogen) atoms. The number of nitrogens with zero attached hydrogens (tertiary/aromatic N) is 1. The summed E-state index contributed by atoms with van der Waals surface area (Å²) in [5.74, 6) is 0. The zero-order valence-electron chi connectivity index (χ0n) is 11.3. The van der Waals surface area contributed by atoms with Crippen molar-refractivity contribution in [2.24, 2.45) is 0 Å². The van der Waals surface area contributed by atoms with Crippen molar-refractivity contribution >= 4 is 33.2 Å². The van der Waals surface area contributed by atoms with Crippen molar-refractivity contribution in [1.82, 2.24) is 9.62 Å². The molecule has 112 valence electrons. The van der Waals surface area contributed by atoms with Crippen LogP contribution in [0.4, 0.5) is 0 Å². The molecule has 0 spiro atoms. The van der Waals surface area contributed by atoms with Gasteiger partial charge in [0.05, 0.1) is 16.3 Å². The summed E-state index contributed by atoms with van der Waals surface area (Å²) >= 11 is 11.8. The molecule has 1 heterocycles. The molecule has 0 bridgehead atoms. The van der Waals surface area contributed by atoms with E-state index in [1.165, 1.54) is 10.6 Å². The summed E-state index contributed by atoms with van der Waals surface area (Å²) in [6.45, 7) is 1.87. The second-order valence-electron chi connectivity index (χ2n) is 5.07. The predicted octanol–water partition coefficient (Wildman–Crippen LogP) is 2.51. The fourth-order valence-corrected chi connectivity index (χ4v) is 3.50. The van der Waals surface area contributed by atoms with E-state index in [1.54, 1.807) is 6.07 Å². The Morgan fingerprint density at radius 3 is 2.45 bits per heavy atom. The van der Waals surface area contributed by atoms with Crippen LogP contribution in [0, 0.1) is 0 Å². The molecular weight excluding hydrogens is 319 g/mol. The second-order valence-corrected chi connectivity index (χ2v) is 7.86. The Morgan fingerprint density at radius 1 is 1.25 bits per heavy atom. The van der Waals surface area contributed by atoms with E-state index >= 15 is 0 Å². The minimum atomic E-state index is -3.05. The molecule has 0 aromatic heterocycles. The summed E-state index contributed by atoms with van der Waals surface area (Å²) in [5.41, 5.74) is 1.07. The van der Waals surface area contributed by atoms with Crippen molar-refractivity contribution < 1.29 is 8.42 Å². The fourth-order valence-electron chi connectivity index (χ4n) is 2.30. The van der Waals surface area contributed by atoms with Gasteiger partial charge in [0.25, 0.3) is 0 Å². The molecule has 1 N–H and O–H groups in total. The molecular formula is C13H18Cl2N2O2S. The number of rotatable bonds is 4. The zero-order valence-corrected chi connectivity index (χ0v) is 13.6. The van der Waals surface area contributed by atoms with E-state index in [0.717, 1.165) is 18.4 Å². The number of sulfonamides is 1. The molecule has 4 nitrogen and oxygen atoms in total. The first-order chi connectivity index (χ1) is 9.36. The van der Waals surface area contributed by atoms with Crippen molar-refractivity contribution in [3.05, 3.63) is 33.8 Å². The maximum Gasteiger partial charge on any atom is 0.211 e. The third kappa shape index (κ3) is 4.33. The molecule has 0 aliphatic carbocycles. The minimum Gasteiger partial charge on any atom is -0.310 e. The number of nitrogens with one attached hydrogen (secondary N) is 1. The van der Waals surface area contributed by atoms with Gasteiger partial charge in [-0.05, 0) is 30.5 Å². The Balaban J connectivity index is 1.83. The van der Waals surface area contributed by atoms with Crippen LogP contribution in [-0.2, 0) is 16.6 Å². The van der Waals surface area contributed by atoms with Crippen LogP contribution in [0.5, 0.6) is 0 Å². The van der Waals surface area contributed by atoms with Gasteiger partial charge in [-0.3, -0.25) is 0 Å². The van der Waals surface area contributed by atoms with E-state index < -0.39 is 10.0 Å². The lowest BCUT2D eigenvalue weighted by Gasteiger charge is -2.30. The highest BCUT2D eigenvalue weighted by Gasteiger charge is 2.24. The molecule has 1 aromatic rings. The molecule has 1 aromatic carbocycles. The topological polar surface area (TPSA) is 49.4 Å². The van der Waals surface area contributed by atoms with Crippen LogP contribution in [-0.4, -0.2) is 38.1 Å². The van der Waals surface area contributed by atoms with Crippen LogP contribution in [0.15, 0.2) is 18.2 Å². The van der Waals surface area contributed by atoms with Crippen molar-refractivity contribution in [3.8, 4) is 0 Å². The van der Waals surface area contributed by atoms with Crippen molar-refractivity contribution in [3.63, 3.8) is 0 Å². The van der Waals surface area contributed by atoms with E-state index in [-0.39, 0.29) is 0 Å². The number of benzene rings is 1. The lowest BCUT2D eigenvalue weighted by Crippen LogP contribution is -2.44. The van der Waals surface area contributed by atoms with Gasteiger partial charge in [0.15, 0.2) is 0 Å². The van der Waals surface area contributed by atoms with Crippen LogP contribution >= 0.6 is 23.2 Å². The highest BCUT2D eigenvalue weighted by molar-refractivity contribution is 7.88. The van der Waals surface area contributed by atoms with Gasteiger partial charge >= 0.3 is 0 Å². The Kier molecular flexibility index (Phi) is 5.31. The average Bonchev–Trinajstić information content (AvgIpc) is 2.40. The molecule has 1 fully saturated rings. The van der Waals surface area contributed by atoms with Gasteiger partial charge in [0.2, 0.25) is 10.0 Å². The molecule has 0 atom stereocenters. The Morgan fingerprint density at radius 2 is 1.90 bits per heavy atom. The summed E-state index contributed by atoms with van der Waals surface area (Å²) in [6.07, 6.45) is 2.92. The fraction of sp³-hybridized carbons (Fsp3) is 0.538.